The van der Waals surface area contributed by atoms with Crippen molar-refractivity contribution in [2.24, 2.45) is 0 Å². The Morgan fingerprint density at radius 1 is 1.03 bits per heavy atom. The van der Waals surface area contributed by atoms with Gasteiger partial charge in [-0.1, -0.05) is 39.0 Å². The molecule has 9 nitrogen and oxygen atoms in total. The van der Waals surface area contributed by atoms with Crippen LogP contribution in [-0.2, 0) is 6.54 Å². The highest BCUT2D eigenvalue weighted by atomic mass is 16.6. The van der Waals surface area contributed by atoms with Crippen molar-refractivity contribution in [3.63, 3.8) is 0 Å². The number of benzene rings is 1. The van der Waals surface area contributed by atoms with Gasteiger partial charge in [-0.05, 0) is 54.7 Å². The quantitative estimate of drug-likeness (QED) is 0.511. The zero-order valence-corrected chi connectivity index (χ0v) is 21.1. The van der Waals surface area contributed by atoms with Crippen LogP contribution >= 0.6 is 0 Å². The van der Waals surface area contributed by atoms with Gasteiger partial charge in [-0.15, -0.1) is 5.10 Å². The first-order valence-electron chi connectivity index (χ1n) is 13.7. The summed E-state index contributed by atoms with van der Waals surface area (Å²) >= 11 is 0. The number of rotatable bonds is 7. The Bertz CT molecular complexity index is 1260. The number of pyridine rings is 1. The molecule has 0 unspecified atom stereocenters. The molecule has 0 saturated heterocycles. The minimum Gasteiger partial charge on any atom is -0.486 e. The molecule has 36 heavy (non-hydrogen) atoms. The monoisotopic (exact) mass is 492 g/mol. The number of fused-ring (bicyclic) bond motifs is 2. The van der Waals surface area contributed by atoms with Crippen molar-refractivity contribution in [2.45, 2.75) is 95.8 Å². The smallest absolute Gasteiger partial charge is 0.252 e. The van der Waals surface area contributed by atoms with Gasteiger partial charge in [0.1, 0.15) is 13.2 Å². The fraction of sp³-hybridized carbons (Fsp3) is 0.630. The molecule has 3 aliphatic rings. The van der Waals surface area contributed by atoms with Crippen molar-refractivity contribution in [3.8, 4) is 11.5 Å². The lowest BCUT2D eigenvalue weighted by molar-refractivity contribution is 0.0830. The highest BCUT2D eigenvalue weighted by Gasteiger charge is 2.34. The Kier molecular flexibility index (Phi) is 6.65. The molecule has 6 rings (SSSR count). The molecule has 0 radical (unpaired) electrons. The Hall–Kier alpha value is -2.94. The van der Waals surface area contributed by atoms with E-state index in [9.17, 15) is 4.79 Å². The van der Waals surface area contributed by atoms with E-state index in [4.69, 9.17) is 9.47 Å². The molecular formula is C27H36N6O3. The molecule has 192 valence electrons. The van der Waals surface area contributed by atoms with Crippen LogP contribution in [0.1, 0.15) is 94.6 Å². The van der Waals surface area contributed by atoms with E-state index in [1.807, 2.05) is 18.2 Å². The Balaban J connectivity index is 1.37. The van der Waals surface area contributed by atoms with Crippen LogP contribution in [-0.4, -0.2) is 49.3 Å². The number of hydrogen-bond donors (Lipinski definition) is 1. The number of H-pyrrole nitrogens is 1. The summed E-state index contributed by atoms with van der Waals surface area (Å²) in [5.74, 6) is 2.37. The minimum absolute atomic E-state index is 0.0507. The average Bonchev–Trinajstić information content (AvgIpc) is 3.61. The third-order valence-electron chi connectivity index (χ3n) is 8.25. The first-order valence-corrected chi connectivity index (χ1v) is 13.7. The van der Waals surface area contributed by atoms with E-state index in [1.54, 1.807) is 0 Å². The van der Waals surface area contributed by atoms with E-state index >= 15 is 0 Å². The molecule has 1 N–H and O–H groups in total. The SMILES string of the molecule is CC[C@@H](c1nnnn1C1CCCC1)N(Cc1cc2cc3c(cc2[nH]c1=O)OCCO3)C1CCCCC1. The molecule has 1 aliphatic heterocycles. The van der Waals surface area contributed by atoms with Crippen LogP contribution < -0.4 is 15.0 Å². The lowest BCUT2D eigenvalue weighted by Crippen LogP contribution is -2.41. The van der Waals surface area contributed by atoms with Crippen molar-refractivity contribution in [3.05, 3.63) is 39.9 Å². The largest absolute Gasteiger partial charge is 0.486 e. The lowest BCUT2D eigenvalue weighted by Gasteiger charge is -2.39. The lowest BCUT2D eigenvalue weighted by atomic mass is 9.92. The van der Waals surface area contributed by atoms with Crippen LogP contribution in [0, 0.1) is 0 Å². The van der Waals surface area contributed by atoms with Gasteiger partial charge in [-0.2, -0.15) is 0 Å². The molecular weight excluding hydrogens is 456 g/mol. The molecule has 0 spiro atoms. The topological polar surface area (TPSA) is 98.2 Å². The average molecular weight is 493 g/mol. The molecule has 3 heterocycles. The molecule has 0 amide bonds. The normalized spacial score (nSPS) is 19.8. The van der Waals surface area contributed by atoms with Gasteiger partial charge in [0, 0.05) is 29.6 Å². The number of aromatic nitrogens is 5. The molecule has 2 fully saturated rings. The molecule has 9 heteroatoms. The van der Waals surface area contributed by atoms with Crippen LogP contribution in [0.4, 0.5) is 0 Å². The van der Waals surface area contributed by atoms with Gasteiger partial charge in [-0.3, -0.25) is 9.69 Å². The van der Waals surface area contributed by atoms with Crippen LogP contribution in [0.25, 0.3) is 10.9 Å². The van der Waals surface area contributed by atoms with Gasteiger partial charge >= 0.3 is 0 Å². The van der Waals surface area contributed by atoms with Gasteiger partial charge in [0.15, 0.2) is 17.3 Å². The standard InChI is InChI=1S/C27H36N6O3/c1-2-23(26-29-30-31-33(26)21-10-6-7-11-21)32(20-8-4-3-5-9-20)17-19-14-18-15-24-25(36-13-12-35-24)16-22(18)28-27(19)34/h14-16,20-21,23H,2-13,17H2,1H3,(H,28,34)/t23-/m0/s1. The fourth-order valence-electron chi connectivity index (χ4n) is 6.40. The summed E-state index contributed by atoms with van der Waals surface area (Å²) in [6, 6.07) is 6.74. The van der Waals surface area contributed by atoms with E-state index in [0.717, 1.165) is 60.1 Å². The molecule has 2 aromatic heterocycles. The maximum absolute atomic E-state index is 13.3. The Labute approximate surface area is 211 Å². The second kappa shape index (κ2) is 10.2. The van der Waals surface area contributed by atoms with Crippen molar-refractivity contribution in [1.82, 2.24) is 30.1 Å². The summed E-state index contributed by atoms with van der Waals surface area (Å²) < 4.78 is 13.6. The van der Waals surface area contributed by atoms with Gasteiger partial charge in [0.2, 0.25) is 0 Å². The molecule has 2 saturated carbocycles. The first-order chi connectivity index (χ1) is 17.7. The summed E-state index contributed by atoms with van der Waals surface area (Å²) in [5.41, 5.74) is 1.49. The maximum Gasteiger partial charge on any atom is 0.252 e. The van der Waals surface area contributed by atoms with Crippen LogP contribution in [0.3, 0.4) is 0 Å². The number of hydrogen-bond acceptors (Lipinski definition) is 7. The van der Waals surface area contributed by atoms with Crippen LogP contribution in [0.15, 0.2) is 23.0 Å². The zero-order valence-electron chi connectivity index (χ0n) is 21.1. The molecule has 1 aromatic carbocycles. The highest BCUT2D eigenvalue weighted by Crippen LogP contribution is 2.37. The number of aromatic amines is 1. The molecule has 0 bridgehead atoms. The molecule has 3 aromatic rings. The van der Waals surface area contributed by atoms with E-state index < -0.39 is 0 Å². The molecule has 1 atom stereocenters. The van der Waals surface area contributed by atoms with Gasteiger partial charge in [0.05, 0.1) is 17.6 Å². The van der Waals surface area contributed by atoms with E-state index in [0.29, 0.717) is 37.6 Å². The summed E-state index contributed by atoms with van der Waals surface area (Å²) in [6.07, 6.45) is 11.7. The third-order valence-corrected chi connectivity index (χ3v) is 8.25. The predicted octanol–water partition coefficient (Wildman–Crippen LogP) is 4.69. The number of tetrazole rings is 1. The third kappa shape index (κ3) is 4.49. The van der Waals surface area contributed by atoms with Gasteiger partial charge in [-0.25, -0.2) is 4.68 Å². The minimum atomic E-state index is -0.0507. The second-order valence-electron chi connectivity index (χ2n) is 10.5. The summed E-state index contributed by atoms with van der Waals surface area (Å²) in [7, 11) is 0. The number of nitrogens with one attached hydrogen (secondary N) is 1. The van der Waals surface area contributed by atoms with Crippen molar-refractivity contribution >= 4 is 10.9 Å². The molecule has 2 aliphatic carbocycles. The van der Waals surface area contributed by atoms with Crippen LogP contribution in [0.5, 0.6) is 11.5 Å². The fourth-order valence-corrected chi connectivity index (χ4v) is 6.40. The Morgan fingerprint density at radius 2 is 1.75 bits per heavy atom. The van der Waals surface area contributed by atoms with E-state index in [2.05, 4.69) is 37.0 Å². The van der Waals surface area contributed by atoms with Crippen molar-refractivity contribution in [2.75, 3.05) is 13.2 Å². The van der Waals surface area contributed by atoms with Gasteiger partial charge < -0.3 is 14.5 Å². The van der Waals surface area contributed by atoms with E-state index in [-0.39, 0.29) is 11.6 Å². The highest BCUT2D eigenvalue weighted by molar-refractivity contribution is 5.83. The van der Waals surface area contributed by atoms with E-state index in [1.165, 1.54) is 32.1 Å². The Morgan fingerprint density at radius 3 is 2.50 bits per heavy atom. The van der Waals surface area contributed by atoms with Crippen LogP contribution in [0.2, 0.25) is 0 Å². The number of nitrogens with zero attached hydrogens (tertiary/aromatic N) is 5. The summed E-state index contributed by atoms with van der Waals surface area (Å²) in [5, 5.41) is 14.1. The van der Waals surface area contributed by atoms with Gasteiger partial charge in [0.25, 0.3) is 5.56 Å². The number of ether oxygens (including phenoxy) is 2. The summed E-state index contributed by atoms with van der Waals surface area (Å²) in [6.45, 7) is 3.84. The van der Waals surface area contributed by atoms with Crippen molar-refractivity contribution < 1.29 is 9.47 Å². The predicted molar refractivity (Wildman–Crippen MR) is 136 cm³/mol. The first kappa shape index (κ1) is 23.5. The summed E-state index contributed by atoms with van der Waals surface area (Å²) in [4.78, 5) is 18.9. The maximum atomic E-state index is 13.3. The second-order valence-corrected chi connectivity index (χ2v) is 10.5. The van der Waals surface area contributed by atoms with Crippen molar-refractivity contribution in [1.29, 1.82) is 0 Å². The zero-order chi connectivity index (χ0) is 24.5.